The molecular formula is C11H16O3. The number of aryl methyl sites for hydroxylation is 1. The van der Waals surface area contributed by atoms with E-state index in [0.29, 0.717) is 13.0 Å². The molecule has 0 spiro atoms. The van der Waals surface area contributed by atoms with Gasteiger partial charge in [0.1, 0.15) is 5.75 Å². The van der Waals surface area contributed by atoms with Crippen LogP contribution in [0.25, 0.3) is 0 Å². The van der Waals surface area contributed by atoms with Crippen molar-refractivity contribution in [3.63, 3.8) is 0 Å². The number of phenols is 1. The molecule has 1 aromatic rings. The monoisotopic (exact) mass is 196 g/mol. The third-order valence-corrected chi connectivity index (χ3v) is 2.09. The van der Waals surface area contributed by atoms with Gasteiger partial charge < -0.3 is 14.9 Å². The van der Waals surface area contributed by atoms with E-state index in [1.807, 2.05) is 19.1 Å². The summed E-state index contributed by atoms with van der Waals surface area (Å²) in [6.07, 6.45) is 0.476. The summed E-state index contributed by atoms with van der Waals surface area (Å²) in [5.74, 6) is 0.242. The summed E-state index contributed by atoms with van der Waals surface area (Å²) in [5.41, 5.74) is 2.62. The van der Waals surface area contributed by atoms with E-state index in [4.69, 9.17) is 9.84 Å². The van der Waals surface area contributed by atoms with Gasteiger partial charge in [-0.3, -0.25) is 0 Å². The van der Waals surface area contributed by atoms with Gasteiger partial charge in [-0.2, -0.15) is 0 Å². The van der Waals surface area contributed by atoms with Crippen LogP contribution in [0.5, 0.6) is 5.75 Å². The number of phenolic OH excluding ortho intramolecular Hbond substituents is 1. The third kappa shape index (κ3) is 2.47. The Morgan fingerprint density at radius 1 is 1.29 bits per heavy atom. The average Bonchev–Trinajstić information content (AvgIpc) is 2.14. The molecule has 0 atom stereocenters. The van der Waals surface area contributed by atoms with Crippen LogP contribution in [0, 0.1) is 6.92 Å². The van der Waals surface area contributed by atoms with Crippen molar-refractivity contribution in [2.75, 3.05) is 13.7 Å². The second-order valence-corrected chi connectivity index (χ2v) is 3.34. The van der Waals surface area contributed by atoms with E-state index in [0.717, 1.165) is 16.7 Å². The standard InChI is InChI=1S/C11H16O3/c1-8-5-9(3-4-12)11(13)10(6-8)7-14-2/h5-6,12-13H,3-4,7H2,1-2H3. The van der Waals surface area contributed by atoms with Crippen molar-refractivity contribution >= 4 is 0 Å². The molecule has 0 aliphatic rings. The summed E-state index contributed by atoms with van der Waals surface area (Å²) in [6, 6.07) is 3.77. The molecule has 1 aromatic carbocycles. The first kappa shape index (κ1) is 11.0. The molecule has 3 nitrogen and oxygen atoms in total. The zero-order valence-corrected chi connectivity index (χ0v) is 8.58. The van der Waals surface area contributed by atoms with E-state index >= 15 is 0 Å². The topological polar surface area (TPSA) is 49.7 Å². The van der Waals surface area contributed by atoms with Crippen molar-refractivity contribution in [1.29, 1.82) is 0 Å². The molecule has 0 fully saturated rings. The van der Waals surface area contributed by atoms with Gasteiger partial charge in [0.05, 0.1) is 6.61 Å². The lowest BCUT2D eigenvalue weighted by Crippen LogP contribution is -1.97. The minimum Gasteiger partial charge on any atom is -0.507 e. The molecule has 78 valence electrons. The minimum absolute atomic E-state index is 0.0451. The molecule has 0 heterocycles. The first-order valence-corrected chi connectivity index (χ1v) is 4.60. The molecule has 3 heteroatoms. The van der Waals surface area contributed by atoms with E-state index in [1.165, 1.54) is 0 Å². The summed E-state index contributed by atoms with van der Waals surface area (Å²) in [6.45, 7) is 2.40. The van der Waals surface area contributed by atoms with Crippen molar-refractivity contribution in [2.24, 2.45) is 0 Å². The quantitative estimate of drug-likeness (QED) is 0.765. The molecule has 0 saturated heterocycles. The first-order valence-electron chi connectivity index (χ1n) is 4.60. The van der Waals surface area contributed by atoms with E-state index in [9.17, 15) is 5.11 Å². The van der Waals surface area contributed by atoms with Crippen LogP contribution in [0.2, 0.25) is 0 Å². The van der Waals surface area contributed by atoms with Crippen molar-refractivity contribution < 1.29 is 14.9 Å². The predicted molar refractivity (Wildman–Crippen MR) is 54.3 cm³/mol. The van der Waals surface area contributed by atoms with Gasteiger partial charge in [0, 0.05) is 19.3 Å². The molecular weight excluding hydrogens is 180 g/mol. The maximum Gasteiger partial charge on any atom is 0.124 e. The highest BCUT2D eigenvalue weighted by Gasteiger charge is 2.07. The number of rotatable bonds is 4. The second kappa shape index (κ2) is 4.98. The Bertz CT molecular complexity index is 280. The molecule has 0 saturated carbocycles. The van der Waals surface area contributed by atoms with Crippen molar-refractivity contribution in [3.8, 4) is 5.75 Å². The van der Waals surface area contributed by atoms with Crippen molar-refractivity contribution in [1.82, 2.24) is 0 Å². The number of benzene rings is 1. The lowest BCUT2D eigenvalue weighted by atomic mass is 10.0. The number of aliphatic hydroxyl groups excluding tert-OH is 1. The SMILES string of the molecule is COCc1cc(C)cc(CCO)c1O. The molecule has 1 rings (SSSR count). The number of hydrogen-bond donors (Lipinski definition) is 2. The summed E-state index contributed by atoms with van der Waals surface area (Å²) in [4.78, 5) is 0. The van der Waals surface area contributed by atoms with Gasteiger partial charge in [0.15, 0.2) is 0 Å². The maximum absolute atomic E-state index is 9.78. The lowest BCUT2D eigenvalue weighted by Gasteiger charge is -2.10. The lowest BCUT2D eigenvalue weighted by molar-refractivity contribution is 0.181. The zero-order chi connectivity index (χ0) is 10.6. The van der Waals surface area contributed by atoms with Gasteiger partial charge in [-0.15, -0.1) is 0 Å². The molecule has 0 aliphatic heterocycles. The predicted octanol–water partition coefficient (Wildman–Crippen LogP) is 1.38. The van der Waals surface area contributed by atoms with Crippen LogP contribution in [-0.2, 0) is 17.8 Å². The average molecular weight is 196 g/mol. The van der Waals surface area contributed by atoms with Gasteiger partial charge in [-0.25, -0.2) is 0 Å². The van der Waals surface area contributed by atoms with E-state index < -0.39 is 0 Å². The molecule has 0 unspecified atom stereocenters. The van der Waals surface area contributed by atoms with Crippen molar-refractivity contribution in [2.45, 2.75) is 20.0 Å². The van der Waals surface area contributed by atoms with Gasteiger partial charge in [0.25, 0.3) is 0 Å². The molecule has 0 aromatic heterocycles. The Labute approximate surface area is 84.0 Å². The van der Waals surface area contributed by atoms with Crippen LogP contribution in [0.1, 0.15) is 16.7 Å². The van der Waals surface area contributed by atoms with Crippen LogP contribution in [0.15, 0.2) is 12.1 Å². The largest absolute Gasteiger partial charge is 0.507 e. The van der Waals surface area contributed by atoms with E-state index in [-0.39, 0.29) is 12.4 Å². The summed E-state index contributed by atoms with van der Waals surface area (Å²) >= 11 is 0. The molecule has 0 amide bonds. The molecule has 2 N–H and O–H groups in total. The fraction of sp³-hybridized carbons (Fsp3) is 0.455. The molecule has 0 aliphatic carbocycles. The smallest absolute Gasteiger partial charge is 0.124 e. The van der Waals surface area contributed by atoms with Crippen LogP contribution in [-0.4, -0.2) is 23.9 Å². The molecule has 0 bridgehead atoms. The normalized spacial score (nSPS) is 10.5. The van der Waals surface area contributed by atoms with Gasteiger partial charge >= 0.3 is 0 Å². The second-order valence-electron chi connectivity index (χ2n) is 3.34. The minimum atomic E-state index is 0.0451. The summed E-state index contributed by atoms with van der Waals surface area (Å²) in [5, 5.41) is 18.6. The van der Waals surface area contributed by atoms with Crippen LogP contribution in [0.4, 0.5) is 0 Å². The number of ether oxygens (including phenoxy) is 1. The fourth-order valence-electron chi connectivity index (χ4n) is 1.51. The maximum atomic E-state index is 9.78. The Morgan fingerprint density at radius 2 is 1.93 bits per heavy atom. The first-order chi connectivity index (χ1) is 6.69. The number of aromatic hydroxyl groups is 1. The number of hydrogen-bond acceptors (Lipinski definition) is 3. The number of aliphatic hydroxyl groups is 1. The Balaban J connectivity index is 3.04. The van der Waals surface area contributed by atoms with Gasteiger partial charge in [-0.1, -0.05) is 17.7 Å². The zero-order valence-electron chi connectivity index (χ0n) is 8.58. The van der Waals surface area contributed by atoms with Crippen LogP contribution < -0.4 is 0 Å². The van der Waals surface area contributed by atoms with E-state index in [1.54, 1.807) is 7.11 Å². The fourth-order valence-corrected chi connectivity index (χ4v) is 1.51. The number of methoxy groups -OCH3 is 1. The van der Waals surface area contributed by atoms with Crippen LogP contribution >= 0.6 is 0 Å². The summed E-state index contributed by atoms with van der Waals surface area (Å²) < 4.78 is 4.97. The Morgan fingerprint density at radius 3 is 2.50 bits per heavy atom. The highest BCUT2D eigenvalue weighted by molar-refractivity contribution is 5.43. The van der Waals surface area contributed by atoms with Gasteiger partial charge in [-0.05, 0) is 18.9 Å². The van der Waals surface area contributed by atoms with Gasteiger partial charge in [0.2, 0.25) is 0 Å². The summed E-state index contributed by atoms with van der Waals surface area (Å²) in [7, 11) is 1.59. The third-order valence-electron chi connectivity index (χ3n) is 2.09. The van der Waals surface area contributed by atoms with Crippen molar-refractivity contribution in [3.05, 3.63) is 28.8 Å². The Hall–Kier alpha value is -1.06. The highest BCUT2D eigenvalue weighted by Crippen LogP contribution is 2.25. The van der Waals surface area contributed by atoms with Crippen LogP contribution in [0.3, 0.4) is 0 Å². The molecule has 0 radical (unpaired) electrons. The highest BCUT2D eigenvalue weighted by atomic mass is 16.5. The molecule has 14 heavy (non-hydrogen) atoms. The van der Waals surface area contributed by atoms with E-state index in [2.05, 4.69) is 0 Å². The Kier molecular flexibility index (Phi) is 3.92.